The Morgan fingerprint density at radius 3 is 2.40 bits per heavy atom. The number of pyridine rings is 1. The first-order valence-corrected chi connectivity index (χ1v) is 10.3. The molecule has 0 amide bonds. The van der Waals surface area contributed by atoms with E-state index < -0.39 is 10.0 Å². The monoisotopic (exact) mass is 372 g/mol. The van der Waals surface area contributed by atoms with E-state index in [9.17, 15) is 8.42 Å². The highest BCUT2D eigenvalue weighted by Crippen LogP contribution is 2.23. The fraction of sp³-hybridized carbons (Fsp3) is 0.211. The SMILES string of the molecule is Cc1cc(C)c(S(=O)(=O)NCc2cncc(-c3ccsc3)c2)c(C)c1. The molecule has 0 saturated carbocycles. The summed E-state index contributed by atoms with van der Waals surface area (Å²) >= 11 is 1.62. The molecule has 0 unspecified atom stereocenters. The van der Waals surface area contributed by atoms with Crippen molar-refractivity contribution in [1.29, 1.82) is 0 Å². The molecule has 1 N–H and O–H groups in total. The molecule has 0 aliphatic carbocycles. The molecule has 3 rings (SSSR count). The van der Waals surface area contributed by atoms with Gasteiger partial charge in [-0.3, -0.25) is 4.98 Å². The summed E-state index contributed by atoms with van der Waals surface area (Å²) in [6.45, 7) is 5.83. The third-order valence-corrected chi connectivity index (χ3v) is 6.38. The summed E-state index contributed by atoms with van der Waals surface area (Å²) in [7, 11) is -3.58. The van der Waals surface area contributed by atoms with E-state index in [1.54, 1.807) is 23.7 Å². The summed E-state index contributed by atoms with van der Waals surface area (Å²) in [5.74, 6) is 0. The van der Waals surface area contributed by atoms with Crippen LogP contribution in [-0.4, -0.2) is 13.4 Å². The van der Waals surface area contributed by atoms with E-state index in [1.165, 1.54) is 0 Å². The molecule has 1 aromatic carbocycles. The predicted octanol–water partition coefficient (Wildman–Crippen LogP) is 4.21. The summed E-state index contributed by atoms with van der Waals surface area (Å²) in [5.41, 5.74) is 5.48. The lowest BCUT2D eigenvalue weighted by Gasteiger charge is -2.13. The second-order valence-corrected chi connectivity index (χ2v) is 8.63. The van der Waals surface area contributed by atoms with E-state index in [2.05, 4.69) is 9.71 Å². The van der Waals surface area contributed by atoms with Gasteiger partial charge in [0.15, 0.2) is 0 Å². The van der Waals surface area contributed by atoms with Crippen LogP contribution in [0.2, 0.25) is 0 Å². The second kappa shape index (κ2) is 7.07. The van der Waals surface area contributed by atoms with Gasteiger partial charge in [-0.05, 0) is 65.9 Å². The van der Waals surface area contributed by atoms with Crippen LogP contribution in [0.25, 0.3) is 11.1 Å². The van der Waals surface area contributed by atoms with Gasteiger partial charge in [0.05, 0.1) is 4.90 Å². The summed E-state index contributed by atoms with van der Waals surface area (Å²) in [5, 5.41) is 4.05. The van der Waals surface area contributed by atoms with Crippen LogP contribution in [0, 0.1) is 20.8 Å². The van der Waals surface area contributed by atoms with Gasteiger partial charge in [0.25, 0.3) is 0 Å². The number of aromatic nitrogens is 1. The molecule has 0 aliphatic heterocycles. The zero-order valence-electron chi connectivity index (χ0n) is 14.4. The average Bonchev–Trinajstić information content (AvgIpc) is 3.06. The average molecular weight is 373 g/mol. The number of hydrogen-bond acceptors (Lipinski definition) is 4. The molecule has 2 aromatic heterocycles. The Morgan fingerprint density at radius 2 is 1.76 bits per heavy atom. The molecule has 130 valence electrons. The summed E-state index contributed by atoms with van der Waals surface area (Å²) in [4.78, 5) is 4.59. The van der Waals surface area contributed by atoms with Gasteiger partial charge < -0.3 is 0 Å². The summed E-state index contributed by atoms with van der Waals surface area (Å²) in [6.07, 6.45) is 3.47. The molecule has 0 atom stereocenters. The zero-order chi connectivity index (χ0) is 18.0. The Labute approximate surface area is 152 Å². The molecule has 4 nitrogen and oxygen atoms in total. The zero-order valence-corrected chi connectivity index (χ0v) is 16.0. The molecule has 0 bridgehead atoms. The lowest BCUT2D eigenvalue weighted by Crippen LogP contribution is -2.25. The highest BCUT2D eigenvalue weighted by molar-refractivity contribution is 7.89. The molecule has 0 fully saturated rings. The fourth-order valence-electron chi connectivity index (χ4n) is 3.01. The minimum Gasteiger partial charge on any atom is -0.264 e. The molecular formula is C19H20N2O2S2. The van der Waals surface area contributed by atoms with E-state index in [0.717, 1.165) is 33.4 Å². The predicted molar refractivity (Wildman–Crippen MR) is 102 cm³/mol. The molecule has 0 aliphatic rings. The maximum absolute atomic E-state index is 12.7. The van der Waals surface area contributed by atoms with Crippen LogP contribution in [0.15, 0.2) is 52.3 Å². The van der Waals surface area contributed by atoms with Gasteiger partial charge in [0.2, 0.25) is 10.0 Å². The van der Waals surface area contributed by atoms with Crippen molar-refractivity contribution in [3.63, 3.8) is 0 Å². The van der Waals surface area contributed by atoms with Crippen molar-refractivity contribution in [3.8, 4) is 11.1 Å². The lowest BCUT2D eigenvalue weighted by molar-refractivity contribution is 0.580. The van der Waals surface area contributed by atoms with Crippen LogP contribution in [-0.2, 0) is 16.6 Å². The Balaban J connectivity index is 1.83. The van der Waals surface area contributed by atoms with Gasteiger partial charge in [-0.1, -0.05) is 17.7 Å². The molecule has 25 heavy (non-hydrogen) atoms. The Morgan fingerprint density at radius 1 is 1.04 bits per heavy atom. The van der Waals surface area contributed by atoms with Gasteiger partial charge in [0, 0.05) is 24.5 Å². The van der Waals surface area contributed by atoms with E-state index in [4.69, 9.17) is 0 Å². The first-order valence-electron chi connectivity index (χ1n) is 7.91. The van der Waals surface area contributed by atoms with Crippen molar-refractivity contribution < 1.29 is 8.42 Å². The van der Waals surface area contributed by atoms with Crippen LogP contribution in [0.3, 0.4) is 0 Å². The van der Waals surface area contributed by atoms with Gasteiger partial charge in [-0.25, -0.2) is 13.1 Å². The number of benzene rings is 1. The number of sulfonamides is 1. The van der Waals surface area contributed by atoms with Gasteiger partial charge in [-0.15, -0.1) is 0 Å². The minimum atomic E-state index is -3.58. The Kier molecular flexibility index (Phi) is 5.03. The molecule has 3 aromatic rings. The highest BCUT2D eigenvalue weighted by Gasteiger charge is 2.19. The number of nitrogens with one attached hydrogen (secondary N) is 1. The number of thiophene rings is 1. The molecule has 0 saturated heterocycles. The molecular weight excluding hydrogens is 352 g/mol. The Hall–Kier alpha value is -2.02. The van der Waals surface area contributed by atoms with Crippen molar-refractivity contribution >= 4 is 21.4 Å². The standard InChI is InChI=1S/C19H20N2O2S2/c1-13-6-14(2)19(15(3)7-13)25(22,23)21-10-16-8-18(11-20-9-16)17-4-5-24-12-17/h4-9,11-12,21H,10H2,1-3H3. The molecule has 0 spiro atoms. The topological polar surface area (TPSA) is 59.1 Å². The van der Waals surface area contributed by atoms with E-state index in [1.807, 2.05) is 55.8 Å². The third kappa shape index (κ3) is 3.98. The van der Waals surface area contributed by atoms with Crippen molar-refractivity contribution in [3.05, 3.63) is 69.7 Å². The summed E-state index contributed by atoms with van der Waals surface area (Å²) in [6, 6.07) is 7.77. The van der Waals surface area contributed by atoms with Crippen LogP contribution in [0.1, 0.15) is 22.3 Å². The van der Waals surface area contributed by atoms with Gasteiger partial charge >= 0.3 is 0 Å². The van der Waals surface area contributed by atoms with E-state index in [0.29, 0.717) is 4.90 Å². The number of rotatable bonds is 5. The molecule has 0 radical (unpaired) electrons. The number of aryl methyl sites for hydroxylation is 3. The van der Waals surface area contributed by atoms with Crippen LogP contribution < -0.4 is 4.72 Å². The maximum atomic E-state index is 12.7. The van der Waals surface area contributed by atoms with Gasteiger partial charge in [-0.2, -0.15) is 11.3 Å². The maximum Gasteiger partial charge on any atom is 0.241 e. The first-order chi connectivity index (χ1) is 11.9. The third-order valence-electron chi connectivity index (χ3n) is 3.99. The normalized spacial score (nSPS) is 11.6. The molecule has 2 heterocycles. The van der Waals surface area contributed by atoms with Gasteiger partial charge in [0.1, 0.15) is 0 Å². The molecule has 6 heteroatoms. The van der Waals surface area contributed by atoms with Crippen LogP contribution in [0.4, 0.5) is 0 Å². The van der Waals surface area contributed by atoms with Crippen LogP contribution in [0.5, 0.6) is 0 Å². The lowest BCUT2D eigenvalue weighted by atomic mass is 10.1. The second-order valence-electron chi connectivity index (χ2n) is 6.15. The quantitative estimate of drug-likeness (QED) is 0.730. The van der Waals surface area contributed by atoms with Crippen molar-refractivity contribution in [2.75, 3.05) is 0 Å². The fourth-order valence-corrected chi connectivity index (χ4v) is 5.14. The largest absolute Gasteiger partial charge is 0.264 e. The van der Waals surface area contributed by atoms with Crippen molar-refractivity contribution in [1.82, 2.24) is 9.71 Å². The first kappa shape index (κ1) is 17.8. The van der Waals surface area contributed by atoms with Crippen molar-refractivity contribution in [2.45, 2.75) is 32.2 Å². The van der Waals surface area contributed by atoms with E-state index in [-0.39, 0.29) is 6.54 Å². The van der Waals surface area contributed by atoms with Crippen molar-refractivity contribution in [2.24, 2.45) is 0 Å². The Bertz CT molecular complexity index is 971. The minimum absolute atomic E-state index is 0.208. The van der Waals surface area contributed by atoms with Crippen LogP contribution >= 0.6 is 11.3 Å². The van der Waals surface area contributed by atoms with E-state index >= 15 is 0 Å². The smallest absolute Gasteiger partial charge is 0.241 e. The summed E-state index contributed by atoms with van der Waals surface area (Å²) < 4.78 is 28.2. The number of hydrogen-bond donors (Lipinski definition) is 1. The highest BCUT2D eigenvalue weighted by atomic mass is 32.2. The number of nitrogens with zero attached hydrogens (tertiary/aromatic N) is 1.